The summed E-state index contributed by atoms with van der Waals surface area (Å²) in [6.07, 6.45) is -2.13. The van der Waals surface area contributed by atoms with Crippen molar-refractivity contribution in [1.82, 2.24) is 5.32 Å². The first kappa shape index (κ1) is 20.9. The van der Waals surface area contributed by atoms with E-state index in [1.54, 1.807) is 13.8 Å². The summed E-state index contributed by atoms with van der Waals surface area (Å²) in [5, 5.41) is 16.3. The molecule has 0 aromatic heterocycles. The Hall–Kier alpha value is -2.31. The fraction of sp³-hybridized carbons (Fsp3) is 0.632. The Balaban J connectivity index is 1.46. The maximum absolute atomic E-state index is 12.6. The van der Waals surface area contributed by atoms with Crippen LogP contribution in [0, 0.1) is 10.1 Å². The number of anilines is 1. The van der Waals surface area contributed by atoms with Crippen molar-refractivity contribution in [3.8, 4) is 0 Å². The summed E-state index contributed by atoms with van der Waals surface area (Å²) in [4.78, 5) is 22.9. The maximum atomic E-state index is 12.6. The van der Waals surface area contributed by atoms with Gasteiger partial charge in [0.1, 0.15) is 18.3 Å². The van der Waals surface area contributed by atoms with Gasteiger partial charge in [0.2, 0.25) is 0 Å². The van der Waals surface area contributed by atoms with Crippen molar-refractivity contribution in [3.05, 3.63) is 34.4 Å². The first-order valence-corrected chi connectivity index (χ1v) is 9.68. The molecule has 0 radical (unpaired) electrons. The third kappa shape index (κ3) is 4.25. The molecular weight excluding hydrogens is 398 g/mol. The second-order valence-electron chi connectivity index (χ2n) is 8.36. The highest BCUT2D eigenvalue weighted by molar-refractivity contribution is 5.89. The van der Waals surface area contributed by atoms with Crippen molar-refractivity contribution in [1.29, 1.82) is 0 Å². The summed E-state index contributed by atoms with van der Waals surface area (Å²) in [6.45, 7) is 7.47. The molecule has 3 fully saturated rings. The van der Waals surface area contributed by atoms with Gasteiger partial charge in [-0.05, 0) is 39.8 Å². The van der Waals surface area contributed by atoms with E-state index < -0.39 is 53.2 Å². The van der Waals surface area contributed by atoms with Crippen LogP contribution in [-0.2, 0) is 23.7 Å². The second kappa shape index (κ2) is 7.43. The van der Waals surface area contributed by atoms with E-state index in [0.29, 0.717) is 12.3 Å². The van der Waals surface area contributed by atoms with Gasteiger partial charge in [-0.2, -0.15) is 0 Å². The normalized spacial score (nSPS) is 33.8. The van der Waals surface area contributed by atoms with Crippen LogP contribution in [0.15, 0.2) is 24.3 Å². The fourth-order valence-electron chi connectivity index (χ4n) is 3.88. The third-order valence-corrected chi connectivity index (χ3v) is 5.12. The lowest BCUT2D eigenvalue weighted by Crippen LogP contribution is -2.53. The van der Waals surface area contributed by atoms with Crippen LogP contribution in [0.4, 0.5) is 16.2 Å². The Morgan fingerprint density at radius 2 is 1.77 bits per heavy atom. The van der Waals surface area contributed by atoms with Gasteiger partial charge in [-0.3, -0.25) is 10.1 Å². The molecular formula is C19H25N3O8. The van der Waals surface area contributed by atoms with Crippen LogP contribution in [0.25, 0.3) is 0 Å². The summed E-state index contributed by atoms with van der Waals surface area (Å²) < 4.78 is 29.4. The number of hydrogen-bond donors (Lipinski definition) is 2. The number of carbonyl (C=O) groups is 1. The van der Waals surface area contributed by atoms with Gasteiger partial charge in [0.05, 0.1) is 17.6 Å². The van der Waals surface area contributed by atoms with E-state index in [2.05, 4.69) is 10.6 Å². The Morgan fingerprint density at radius 1 is 1.07 bits per heavy atom. The van der Waals surface area contributed by atoms with Crippen molar-refractivity contribution in [2.45, 2.75) is 69.9 Å². The minimum atomic E-state index is -0.846. The van der Waals surface area contributed by atoms with Gasteiger partial charge in [-0.1, -0.05) is 0 Å². The fourth-order valence-corrected chi connectivity index (χ4v) is 3.88. The standard InChI is InChI=1S/C19H25N3O8/c1-18(2)26-9-12(28-18)14-13(15-16(27-14)30-19(3,4)29-15)21-17(23)20-10-5-7-11(8-6-10)22(24)25/h5-8,12-16H,9H2,1-4H3,(H2,20,21,23)/t12-,13-,14-,15-,16-/m1/s1. The molecule has 0 bridgehead atoms. The number of carbonyl (C=O) groups excluding carboxylic acids is 1. The molecule has 3 heterocycles. The number of fused-ring (bicyclic) bond motifs is 1. The summed E-state index contributed by atoms with van der Waals surface area (Å²) in [7, 11) is 0. The number of nitro groups is 1. The highest BCUT2D eigenvalue weighted by Crippen LogP contribution is 2.40. The highest BCUT2D eigenvalue weighted by Gasteiger charge is 2.58. The number of benzene rings is 1. The van der Waals surface area contributed by atoms with Crippen LogP contribution >= 0.6 is 0 Å². The van der Waals surface area contributed by atoms with E-state index in [-0.39, 0.29) is 5.69 Å². The molecule has 0 saturated carbocycles. The van der Waals surface area contributed by atoms with Gasteiger partial charge in [0.25, 0.3) is 5.69 Å². The number of urea groups is 1. The Morgan fingerprint density at radius 3 is 2.37 bits per heavy atom. The summed E-state index contributed by atoms with van der Waals surface area (Å²) >= 11 is 0. The van der Waals surface area contributed by atoms with Gasteiger partial charge in [0, 0.05) is 17.8 Å². The van der Waals surface area contributed by atoms with Crippen LogP contribution in [0.2, 0.25) is 0 Å². The van der Waals surface area contributed by atoms with E-state index in [1.165, 1.54) is 24.3 Å². The quantitative estimate of drug-likeness (QED) is 0.556. The number of nitrogens with one attached hydrogen (secondary N) is 2. The molecule has 1 aromatic carbocycles. The predicted octanol–water partition coefficient (Wildman–Crippen LogP) is 2.11. The molecule has 1 aromatic rings. The van der Waals surface area contributed by atoms with Crippen LogP contribution < -0.4 is 10.6 Å². The van der Waals surface area contributed by atoms with Gasteiger partial charge in [0.15, 0.2) is 17.9 Å². The summed E-state index contributed by atoms with van der Waals surface area (Å²) in [5.41, 5.74) is 0.350. The largest absolute Gasteiger partial charge is 0.348 e. The maximum Gasteiger partial charge on any atom is 0.319 e. The Bertz CT molecular complexity index is 828. The first-order chi connectivity index (χ1) is 14.0. The van der Waals surface area contributed by atoms with Gasteiger partial charge in [-0.25, -0.2) is 4.79 Å². The van der Waals surface area contributed by atoms with Crippen molar-refractivity contribution >= 4 is 17.4 Å². The van der Waals surface area contributed by atoms with Crippen molar-refractivity contribution in [3.63, 3.8) is 0 Å². The Kier molecular flexibility index (Phi) is 5.19. The highest BCUT2D eigenvalue weighted by atomic mass is 16.8. The zero-order valence-corrected chi connectivity index (χ0v) is 17.1. The monoisotopic (exact) mass is 423 g/mol. The van der Waals surface area contributed by atoms with Crippen LogP contribution in [0.5, 0.6) is 0 Å². The minimum Gasteiger partial charge on any atom is -0.348 e. The molecule has 30 heavy (non-hydrogen) atoms. The topological polar surface area (TPSA) is 130 Å². The van der Waals surface area contributed by atoms with Crippen molar-refractivity contribution < 1.29 is 33.4 Å². The zero-order chi connectivity index (χ0) is 21.7. The smallest absolute Gasteiger partial charge is 0.319 e. The third-order valence-electron chi connectivity index (χ3n) is 5.12. The second-order valence-corrected chi connectivity index (χ2v) is 8.36. The van der Waals surface area contributed by atoms with Crippen molar-refractivity contribution in [2.75, 3.05) is 11.9 Å². The van der Waals surface area contributed by atoms with E-state index >= 15 is 0 Å². The number of rotatable bonds is 4. The molecule has 0 spiro atoms. The van der Waals surface area contributed by atoms with E-state index in [1.807, 2.05) is 13.8 Å². The van der Waals surface area contributed by atoms with Crippen LogP contribution in [0.3, 0.4) is 0 Å². The van der Waals surface area contributed by atoms with Crippen LogP contribution in [0.1, 0.15) is 27.7 Å². The number of nitrogens with zero attached hydrogens (tertiary/aromatic N) is 1. The molecule has 2 amide bonds. The SMILES string of the molecule is CC1(C)O[C@H]2O[C@H]([C@H]3COC(C)(C)O3)[C@@H](NC(=O)Nc3ccc([N+](=O)[O-])cc3)[C@H]2O1. The molecule has 0 aliphatic carbocycles. The molecule has 5 atom stereocenters. The summed E-state index contributed by atoms with van der Waals surface area (Å²) in [5.74, 6) is -1.60. The molecule has 2 N–H and O–H groups in total. The lowest BCUT2D eigenvalue weighted by Gasteiger charge is -2.29. The molecule has 4 rings (SSSR count). The number of ether oxygens (including phenoxy) is 5. The number of nitro benzene ring substituents is 1. The predicted molar refractivity (Wildman–Crippen MR) is 103 cm³/mol. The molecule has 3 saturated heterocycles. The van der Waals surface area contributed by atoms with Gasteiger partial charge < -0.3 is 34.3 Å². The van der Waals surface area contributed by atoms with Gasteiger partial charge in [-0.15, -0.1) is 0 Å². The van der Waals surface area contributed by atoms with E-state index in [0.717, 1.165) is 0 Å². The molecule has 11 heteroatoms. The molecule has 3 aliphatic heterocycles. The van der Waals surface area contributed by atoms with Gasteiger partial charge >= 0.3 is 6.03 Å². The lowest BCUT2D eigenvalue weighted by atomic mass is 10.0. The van der Waals surface area contributed by atoms with E-state index in [4.69, 9.17) is 23.7 Å². The molecule has 0 unspecified atom stereocenters. The molecule has 11 nitrogen and oxygen atoms in total. The van der Waals surface area contributed by atoms with Crippen LogP contribution in [-0.4, -0.2) is 59.8 Å². The average Bonchev–Trinajstić information content (AvgIpc) is 3.25. The molecule has 164 valence electrons. The van der Waals surface area contributed by atoms with E-state index in [9.17, 15) is 14.9 Å². The minimum absolute atomic E-state index is 0.0622. The number of hydrogen-bond acceptors (Lipinski definition) is 8. The Labute approximate surface area is 173 Å². The number of non-ortho nitro benzene ring substituents is 1. The first-order valence-electron chi connectivity index (χ1n) is 9.68. The summed E-state index contributed by atoms with van der Waals surface area (Å²) in [6, 6.07) is 4.48. The average molecular weight is 423 g/mol. The lowest BCUT2D eigenvalue weighted by molar-refractivity contribution is -0.384. The zero-order valence-electron chi connectivity index (χ0n) is 17.1. The molecule has 3 aliphatic rings. The van der Waals surface area contributed by atoms with Crippen molar-refractivity contribution in [2.24, 2.45) is 0 Å². The number of amides is 2.